The summed E-state index contributed by atoms with van der Waals surface area (Å²) in [6.07, 6.45) is -0.919. The molecule has 0 bridgehead atoms. The van der Waals surface area contributed by atoms with Gasteiger partial charge in [-0.3, -0.25) is 14.6 Å². The molecule has 0 unspecified atom stereocenters. The first kappa shape index (κ1) is 18.0. The minimum absolute atomic E-state index is 0.133. The van der Waals surface area contributed by atoms with Gasteiger partial charge in [-0.2, -0.15) is 23.4 Å². The normalized spacial score (nSPS) is 11.8. The molecule has 4 aromatic rings. The van der Waals surface area contributed by atoms with Crippen LogP contribution in [-0.2, 0) is 19.1 Å². The van der Waals surface area contributed by atoms with E-state index in [1.165, 1.54) is 12.1 Å². The number of hydrogen-bond donors (Lipinski definition) is 1. The molecule has 1 N–H and O–H groups in total. The molecule has 4 rings (SSSR count). The lowest BCUT2D eigenvalue weighted by molar-refractivity contribution is -0.137. The van der Waals surface area contributed by atoms with E-state index in [1.807, 2.05) is 24.3 Å². The molecule has 0 fully saturated rings. The Labute approximate surface area is 157 Å². The fraction of sp³-hybridized carbons (Fsp3) is 0.150. The Hall–Kier alpha value is -3.42. The van der Waals surface area contributed by atoms with E-state index in [4.69, 9.17) is 0 Å². The Kier molecular flexibility index (Phi) is 4.46. The molecule has 0 amide bonds. The average molecular weight is 384 g/mol. The predicted octanol–water partition coefficient (Wildman–Crippen LogP) is 4.25. The lowest BCUT2D eigenvalue weighted by atomic mass is 10.1. The smallest absolute Gasteiger partial charge is 0.292 e. The van der Waals surface area contributed by atoms with E-state index in [-0.39, 0.29) is 12.2 Å². The van der Waals surface area contributed by atoms with Crippen LogP contribution in [0.25, 0.3) is 10.9 Å². The number of benzene rings is 2. The van der Waals surface area contributed by atoms with Crippen LogP contribution in [0.1, 0.15) is 27.2 Å². The maximum absolute atomic E-state index is 12.6. The van der Waals surface area contributed by atoms with Gasteiger partial charge in [0, 0.05) is 18.0 Å². The Morgan fingerprint density at radius 3 is 2.54 bits per heavy atom. The summed E-state index contributed by atoms with van der Waals surface area (Å²) in [6.45, 7) is 0.317. The van der Waals surface area contributed by atoms with Gasteiger partial charge in [-0.15, -0.1) is 0 Å². The molecule has 142 valence electrons. The van der Waals surface area contributed by atoms with Crippen molar-refractivity contribution in [2.75, 3.05) is 0 Å². The summed E-state index contributed by atoms with van der Waals surface area (Å²) in [4.78, 5) is 12.6. The third-order valence-electron chi connectivity index (χ3n) is 4.41. The van der Waals surface area contributed by atoms with Gasteiger partial charge >= 0.3 is 6.18 Å². The number of hydrogen-bond acceptors (Lipinski definition) is 3. The summed E-state index contributed by atoms with van der Waals surface area (Å²) >= 11 is 0. The minimum Gasteiger partial charge on any atom is -0.292 e. The minimum atomic E-state index is -4.35. The number of para-hydroxylation sites is 1. The highest BCUT2D eigenvalue weighted by Crippen LogP contribution is 2.29. The molecule has 8 heteroatoms. The number of halogens is 3. The van der Waals surface area contributed by atoms with Gasteiger partial charge in [-0.25, -0.2) is 0 Å². The molecular formula is C20H15F3N4O. The highest BCUT2D eigenvalue weighted by Gasteiger charge is 2.29. The fourth-order valence-electron chi connectivity index (χ4n) is 3.02. The molecule has 2 heterocycles. The lowest BCUT2D eigenvalue weighted by Gasteiger charge is -2.07. The first-order valence-corrected chi connectivity index (χ1v) is 8.54. The second-order valence-corrected chi connectivity index (χ2v) is 6.46. The molecule has 2 aromatic carbocycles. The Balaban J connectivity index is 1.45. The second kappa shape index (κ2) is 6.95. The van der Waals surface area contributed by atoms with Crippen LogP contribution in [0.5, 0.6) is 0 Å². The molecule has 28 heavy (non-hydrogen) atoms. The zero-order chi connectivity index (χ0) is 19.7. The van der Waals surface area contributed by atoms with E-state index in [0.29, 0.717) is 23.4 Å². The molecule has 0 atom stereocenters. The van der Waals surface area contributed by atoms with Crippen LogP contribution in [0.2, 0.25) is 0 Å². The number of fused-ring (bicyclic) bond motifs is 1. The van der Waals surface area contributed by atoms with Crippen LogP contribution >= 0.6 is 0 Å². The zero-order valence-electron chi connectivity index (χ0n) is 14.6. The average Bonchev–Trinajstić information content (AvgIpc) is 3.28. The highest BCUT2D eigenvalue weighted by molar-refractivity contribution is 6.06. The number of Topliss-reactive ketones (excluding diaryl/α,β-unsaturated/α-hetero) is 1. The summed E-state index contributed by atoms with van der Waals surface area (Å²) in [5.41, 5.74) is 1.89. The monoisotopic (exact) mass is 384 g/mol. The Morgan fingerprint density at radius 2 is 1.79 bits per heavy atom. The third-order valence-corrected chi connectivity index (χ3v) is 4.41. The van der Waals surface area contributed by atoms with Crippen LogP contribution in [0.3, 0.4) is 0 Å². The van der Waals surface area contributed by atoms with Gasteiger partial charge in [-0.1, -0.05) is 30.3 Å². The van der Waals surface area contributed by atoms with Crippen molar-refractivity contribution in [3.05, 3.63) is 83.3 Å². The van der Waals surface area contributed by atoms with E-state index >= 15 is 0 Å². The summed E-state index contributed by atoms with van der Waals surface area (Å²) in [6, 6.07) is 12.3. The maximum atomic E-state index is 12.6. The first-order valence-electron chi connectivity index (χ1n) is 8.54. The van der Waals surface area contributed by atoms with Crippen molar-refractivity contribution in [1.29, 1.82) is 0 Å². The van der Waals surface area contributed by atoms with Crippen molar-refractivity contribution in [2.24, 2.45) is 0 Å². The van der Waals surface area contributed by atoms with Crippen LogP contribution in [0.15, 0.2) is 60.9 Å². The Morgan fingerprint density at radius 1 is 1.04 bits per heavy atom. The number of carbonyl (C=O) groups is 1. The largest absolute Gasteiger partial charge is 0.416 e. The summed E-state index contributed by atoms with van der Waals surface area (Å²) in [5.74, 6) is -0.133. The summed E-state index contributed by atoms with van der Waals surface area (Å²) in [7, 11) is 0. The number of carbonyl (C=O) groups excluding carboxylic acids is 1. The van der Waals surface area contributed by atoms with Crippen molar-refractivity contribution >= 4 is 16.7 Å². The van der Waals surface area contributed by atoms with Crippen molar-refractivity contribution in [3.63, 3.8) is 0 Å². The number of aromatic amines is 1. The number of ketones is 1. The van der Waals surface area contributed by atoms with Gasteiger partial charge in [0.05, 0.1) is 23.8 Å². The number of H-pyrrole nitrogens is 1. The quantitative estimate of drug-likeness (QED) is 0.523. The third kappa shape index (κ3) is 3.66. The summed E-state index contributed by atoms with van der Waals surface area (Å²) in [5, 5.41) is 11.9. The van der Waals surface area contributed by atoms with Gasteiger partial charge in [0.1, 0.15) is 5.69 Å². The molecule has 0 spiro atoms. The van der Waals surface area contributed by atoms with Crippen LogP contribution in [0, 0.1) is 0 Å². The maximum Gasteiger partial charge on any atom is 0.416 e. The van der Waals surface area contributed by atoms with Gasteiger partial charge < -0.3 is 0 Å². The van der Waals surface area contributed by atoms with E-state index in [1.54, 1.807) is 17.1 Å². The highest BCUT2D eigenvalue weighted by atomic mass is 19.4. The predicted molar refractivity (Wildman–Crippen MR) is 96.9 cm³/mol. The SMILES string of the molecule is O=C(Cc1cnn(Cc2ccc(C(F)(F)F)cc2)c1)c1n[nH]c2ccccc12. The van der Waals surface area contributed by atoms with Crippen molar-refractivity contribution in [3.8, 4) is 0 Å². The van der Waals surface area contributed by atoms with Crippen molar-refractivity contribution in [1.82, 2.24) is 20.0 Å². The Bertz CT molecular complexity index is 1130. The second-order valence-electron chi connectivity index (χ2n) is 6.46. The van der Waals surface area contributed by atoms with E-state index in [0.717, 1.165) is 23.0 Å². The molecule has 2 aromatic heterocycles. The number of nitrogens with zero attached hydrogens (tertiary/aromatic N) is 3. The molecule has 5 nitrogen and oxygen atoms in total. The fourth-order valence-corrected chi connectivity index (χ4v) is 3.02. The zero-order valence-corrected chi connectivity index (χ0v) is 14.6. The van der Waals surface area contributed by atoms with Gasteiger partial charge in [-0.05, 0) is 29.3 Å². The standard InChI is InChI=1S/C20H15F3N4O/c21-20(22,23)15-7-5-13(6-8-15)11-27-12-14(10-24-27)9-18(28)19-16-3-1-2-4-17(16)25-26-19/h1-8,10,12H,9,11H2,(H,25,26). The molecule has 0 aliphatic heterocycles. The molecule has 0 aliphatic rings. The van der Waals surface area contributed by atoms with Crippen LogP contribution in [0.4, 0.5) is 13.2 Å². The van der Waals surface area contributed by atoms with Gasteiger partial charge in [0.2, 0.25) is 0 Å². The molecule has 0 radical (unpaired) electrons. The number of aromatic nitrogens is 4. The van der Waals surface area contributed by atoms with Gasteiger partial charge in [0.25, 0.3) is 0 Å². The molecule has 0 saturated heterocycles. The molecule has 0 aliphatic carbocycles. The topological polar surface area (TPSA) is 63.6 Å². The number of rotatable bonds is 5. The van der Waals surface area contributed by atoms with Crippen molar-refractivity contribution in [2.45, 2.75) is 19.1 Å². The van der Waals surface area contributed by atoms with Crippen LogP contribution < -0.4 is 0 Å². The number of nitrogens with one attached hydrogen (secondary N) is 1. The van der Waals surface area contributed by atoms with E-state index in [9.17, 15) is 18.0 Å². The summed E-state index contributed by atoms with van der Waals surface area (Å²) < 4.78 is 39.5. The lowest BCUT2D eigenvalue weighted by Crippen LogP contribution is -2.06. The van der Waals surface area contributed by atoms with Gasteiger partial charge in [0.15, 0.2) is 5.78 Å². The molecule has 0 saturated carbocycles. The number of alkyl halides is 3. The van der Waals surface area contributed by atoms with E-state index in [2.05, 4.69) is 15.3 Å². The van der Waals surface area contributed by atoms with Crippen LogP contribution in [-0.4, -0.2) is 25.8 Å². The van der Waals surface area contributed by atoms with E-state index < -0.39 is 11.7 Å². The first-order chi connectivity index (χ1) is 13.4. The molecular weight excluding hydrogens is 369 g/mol. The van der Waals surface area contributed by atoms with Crippen molar-refractivity contribution < 1.29 is 18.0 Å².